The fourth-order valence-corrected chi connectivity index (χ4v) is 2.80. The number of amides is 2. The van der Waals surface area contributed by atoms with E-state index in [1.54, 1.807) is 0 Å². The second-order valence-corrected chi connectivity index (χ2v) is 7.49. The van der Waals surface area contributed by atoms with E-state index < -0.39 is 0 Å². The van der Waals surface area contributed by atoms with Gasteiger partial charge >= 0.3 is 0 Å². The van der Waals surface area contributed by atoms with Crippen LogP contribution in [0.25, 0.3) is 0 Å². The van der Waals surface area contributed by atoms with Gasteiger partial charge in [-0.15, -0.1) is 0 Å². The normalized spacial score (nSPS) is 10.6. The summed E-state index contributed by atoms with van der Waals surface area (Å²) in [4.78, 5) is 36.0. The number of hydrogen-bond donors (Lipinski definition) is 2. The molecule has 0 aliphatic carbocycles. The Hall–Kier alpha value is -2.95. The van der Waals surface area contributed by atoms with Gasteiger partial charge in [-0.25, -0.2) is 0 Å². The molecule has 5 nitrogen and oxygen atoms in total. The SMILES string of the molecule is CCCc1ccc(C(=O)CCC(=O)NCc2ccc(NC(=O)C(C)C)cc2)cc1. The molecule has 0 aromatic heterocycles. The Kier molecular flexibility index (Phi) is 8.59. The first-order valence-corrected chi connectivity index (χ1v) is 10.2. The van der Waals surface area contributed by atoms with Crippen molar-refractivity contribution in [2.45, 2.75) is 53.0 Å². The minimum atomic E-state index is -0.154. The van der Waals surface area contributed by atoms with Crippen LogP contribution in [-0.4, -0.2) is 17.6 Å². The van der Waals surface area contributed by atoms with Gasteiger partial charge in [0, 0.05) is 36.6 Å². The lowest BCUT2D eigenvalue weighted by molar-refractivity contribution is -0.121. The lowest BCUT2D eigenvalue weighted by Crippen LogP contribution is -2.23. The third-order valence-corrected chi connectivity index (χ3v) is 4.63. The molecule has 0 radical (unpaired) electrons. The topological polar surface area (TPSA) is 75.3 Å². The number of hydrogen-bond acceptors (Lipinski definition) is 3. The zero-order valence-electron chi connectivity index (χ0n) is 17.5. The molecule has 0 fully saturated rings. The second kappa shape index (κ2) is 11.1. The highest BCUT2D eigenvalue weighted by atomic mass is 16.2. The second-order valence-electron chi connectivity index (χ2n) is 7.49. The predicted octanol–water partition coefficient (Wildman–Crippen LogP) is 4.51. The molecule has 0 aliphatic rings. The van der Waals surface area contributed by atoms with E-state index in [0.29, 0.717) is 12.1 Å². The number of rotatable bonds is 10. The summed E-state index contributed by atoms with van der Waals surface area (Å²) in [5.74, 6) is -0.284. The van der Waals surface area contributed by atoms with Crippen LogP contribution in [-0.2, 0) is 22.6 Å². The standard InChI is InChI=1S/C24H30N2O3/c1-4-5-18-6-10-20(11-7-18)22(27)14-15-23(28)25-16-19-8-12-21(13-9-19)26-24(29)17(2)3/h6-13,17H,4-5,14-16H2,1-3H3,(H,25,28)(H,26,29). The largest absolute Gasteiger partial charge is 0.352 e. The number of benzene rings is 2. The molecule has 0 atom stereocenters. The first-order chi connectivity index (χ1) is 13.9. The quantitative estimate of drug-likeness (QED) is 0.582. The fourth-order valence-electron chi connectivity index (χ4n) is 2.80. The molecule has 0 saturated heterocycles. The molecule has 154 valence electrons. The summed E-state index contributed by atoms with van der Waals surface area (Å²) < 4.78 is 0. The van der Waals surface area contributed by atoms with E-state index in [0.717, 1.165) is 24.1 Å². The number of anilines is 1. The summed E-state index contributed by atoms with van der Waals surface area (Å²) in [6, 6.07) is 15.0. The Morgan fingerprint density at radius 2 is 1.48 bits per heavy atom. The third kappa shape index (κ3) is 7.53. The van der Waals surface area contributed by atoms with Gasteiger partial charge in [-0.05, 0) is 29.7 Å². The van der Waals surface area contributed by atoms with Crippen molar-refractivity contribution in [1.29, 1.82) is 0 Å². The number of carbonyl (C=O) groups excluding carboxylic acids is 3. The minimum Gasteiger partial charge on any atom is -0.352 e. The average Bonchev–Trinajstić information content (AvgIpc) is 2.72. The van der Waals surface area contributed by atoms with Crippen molar-refractivity contribution in [3.8, 4) is 0 Å². The zero-order valence-corrected chi connectivity index (χ0v) is 17.5. The highest BCUT2D eigenvalue weighted by Gasteiger charge is 2.10. The molecule has 0 saturated carbocycles. The van der Waals surface area contributed by atoms with Crippen LogP contribution in [0.3, 0.4) is 0 Å². The maximum atomic E-state index is 12.3. The van der Waals surface area contributed by atoms with Gasteiger partial charge < -0.3 is 10.6 Å². The van der Waals surface area contributed by atoms with Crippen molar-refractivity contribution in [2.75, 3.05) is 5.32 Å². The van der Waals surface area contributed by atoms with Crippen molar-refractivity contribution in [2.24, 2.45) is 5.92 Å². The van der Waals surface area contributed by atoms with Gasteiger partial charge in [0.1, 0.15) is 0 Å². The van der Waals surface area contributed by atoms with Gasteiger partial charge in [0.15, 0.2) is 5.78 Å². The van der Waals surface area contributed by atoms with Crippen molar-refractivity contribution in [1.82, 2.24) is 5.32 Å². The molecular weight excluding hydrogens is 364 g/mol. The lowest BCUT2D eigenvalue weighted by atomic mass is 10.0. The molecule has 0 bridgehead atoms. The number of ketones is 1. The number of Topliss-reactive ketones (excluding diaryl/α,β-unsaturated/α-hetero) is 1. The van der Waals surface area contributed by atoms with E-state index in [1.165, 1.54) is 5.56 Å². The maximum Gasteiger partial charge on any atom is 0.226 e. The summed E-state index contributed by atoms with van der Waals surface area (Å²) >= 11 is 0. The lowest BCUT2D eigenvalue weighted by Gasteiger charge is -2.09. The maximum absolute atomic E-state index is 12.3. The molecule has 0 aliphatic heterocycles. The third-order valence-electron chi connectivity index (χ3n) is 4.63. The Bertz CT molecular complexity index is 824. The molecule has 2 aromatic carbocycles. The van der Waals surface area contributed by atoms with Crippen LogP contribution >= 0.6 is 0 Å². The van der Waals surface area contributed by atoms with Crippen molar-refractivity contribution < 1.29 is 14.4 Å². The smallest absolute Gasteiger partial charge is 0.226 e. The Balaban J connectivity index is 1.75. The van der Waals surface area contributed by atoms with Gasteiger partial charge in [-0.2, -0.15) is 0 Å². The molecule has 0 heterocycles. The van der Waals surface area contributed by atoms with Crippen LogP contribution in [0.1, 0.15) is 61.5 Å². The van der Waals surface area contributed by atoms with Gasteiger partial charge in [0.05, 0.1) is 0 Å². The molecule has 0 unspecified atom stereocenters. The monoisotopic (exact) mass is 394 g/mol. The highest BCUT2D eigenvalue weighted by Crippen LogP contribution is 2.12. The van der Waals surface area contributed by atoms with Crippen LogP contribution < -0.4 is 10.6 Å². The molecule has 0 spiro atoms. The Labute approximate surface area is 172 Å². The number of nitrogens with one attached hydrogen (secondary N) is 2. The molecular formula is C24H30N2O3. The minimum absolute atomic E-state index is 0.0200. The molecule has 2 rings (SSSR count). The predicted molar refractivity (Wildman–Crippen MR) is 116 cm³/mol. The van der Waals surface area contributed by atoms with E-state index in [4.69, 9.17) is 0 Å². The molecule has 2 amide bonds. The van der Waals surface area contributed by atoms with Crippen molar-refractivity contribution in [3.63, 3.8) is 0 Å². The Morgan fingerprint density at radius 1 is 0.862 bits per heavy atom. The molecule has 2 N–H and O–H groups in total. The summed E-state index contributed by atoms with van der Waals surface area (Å²) in [5, 5.41) is 5.66. The highest BCUT2D eigenvalue weighted by molar-refractivity contribution is 5.98. The summed E-state index contributed by atoms with van der Waals surface area (Å²) in [7, 11) is 0. The van der Waals surface area contributed by atoms with Gasteiger partial charge in [-0.3, -0.25) is 14.4 Å². The van der Waals surface area contributed by atoms with E-state index in [-0.39, 0.29) is 36.4 Å². The van der Waals surface area contributed by atoms with Crippen LogP contribution in [0.5, 0.6) is 0 Å². The average molecular weight is 395 g/mol. The molecule has 5 heteroatoms. The van der Waals surface area contributed by atoms with Crippen LogP contribution in [0, 0.1) is 5.92 Å². The molecule has 29 heavy (non-hydrogen) atoms. The number of carbonyl (C=O) groups is 3. The van der Waals surface area contributed by atoms with Gasteiger partial charge in [0.25, 0.3) is 0 Å². The molecule has 2 aromatic rings. The summed E-state index contributed by atoms with van der Waals surface area (Å²) in [6.07, 6.45) is 2.43. The Morgan fingerprint density at radius 3 is 2.07 bits per heavy atom. The summed E-state index contributed by atoms with van der Waals surface area (Å²) in [5.41, 5.74) is 3.53. The van der Waals surface area contributed by atoms with Crippen LogP contribution in [0.2, 0.25) is 0 Å². The summed E-state index contributed by atoms with van der Waals surface area (Å²) in [6.45, 7) is 6.19. The van der Waals surface area contributed by atoms with Gasteiger partial charge in [0.2, 0.25) is 11.8 Å². The number of aryl methyl sites for hydroxylation is 1. The van der Waals surface area contributed by atoms with Crippen LogP contribution in [0.4, 0.5) is 5.69 Å². The van der Waals surface area contributed by atoms with E-state index in [1.807, 2.05) is 62.4 Å². The zero-order chi connectivity index (χ0) is 21.2. The van der Waals surface area contributed by atoms with Crippen molar-refractivity contribution >= 4 is 23.3 Å². The van der Waals surface area contributed by atoms with Crippen LogP contribution in [0.15, 0.2) is 48.5 Å². The first-order valence-electron chi connectivity index (χ1n) is 10.2. The van der Waals surface area contributed by atoms with Gasteiger partial charge in [-0.1, -0.05) is 63.6 Å². The van der Waals surface area contributed by atoms with Crippen molar-refractivity contribution in [3.05, 3.63) is 65.2 Å². The van der Waals surface area contributed by atoms with E-state index in [9.17, 15) is 14.4 Å². The fraction of sp³-hybridized carbons (Fsp3) is 0.375. The first kappa shape index (κ1) is 22.3. The van der Waals surface area contributed by atoms with E-state index >= 15 is 0 Å². The van der Waals surface area contributed by atoms with E-state index in [2.05, 4.69) is 17.6 Å².